The molecular formula is C13H25ClO3S. The lowest BCUT2D eigenvalue weighted by molar-refractivity contribution is -0.0292. The van der Waals surface area contributed by atoms with Gasteiger partial charge in [0.2, 0.25) is 9.05 Å². The standard InChI is InChI=1S/C13H25ClO3S/c1-10-5-11(2)7-12(6-10)17-8-13(3,4)9-18(14,15)16/h10-12H,5-9H2,1-4H3. The minimum atomic E-state index is -3.46. The average molecular weight is 297 g/mol. The molecule has 0 N–H and O–H groups in total. The Balaban J connectivity index is 2.44. The summed E-state index contributed by atoms with van der Waals surface area (Å²) in [6.07, 6.45) is 3.68. The molecule has 1 fully saturated rings. The summed E-state index contributed by atoms with van der Waals surface area (Å²) in [4.78, 5) is 0. The Labute approximate surface area is 116 Å². The van der Waals surface area contributed by atoms with E-state index >= 15 is 0 Å². The first-order chi connectivity index (χ1) is 8.07. The van der Waals surface area contributed by atoms with Crippen molar-refractivity contribution < 1.29 is 13.2 Å². The smallest absolute Gasteiger partial charge is 0.233 e. The van der Waals surface area contributed by atoms with Crippen molar-refractivity contribution >= 4 is 19.7 Å². The highest BCUT2D eigenvalue weighted by molar-refractivity contribution is 8.13. The van der Waals surface area contributed by atoms with Crippen LogP contribution in [-0.2, 0) is 13.8 Å². The fourth-order valence-corrected chi connectivity index (χ4v) is 4.76. The summed E-state index contributed by atoms with van der Waals surface area (Å²) in [6, 6.07) is 0. The Morgan fingerprint density at radius 1 is 1.17 bits per heavy atom. The van der Waals surface area contributed by atoms with E-state index in [1.165, 1.54) is 6.42 Å². The summed E-state index contributed by atoms with van der Waals surface area (Å²) in [5.41, 5.74) is -0.426. The highest BCUT2D eigenvalue weighted by Crippen LogP contribution is 2.31. The molecule has 0 aromatic carbocycles. The van der Waals surface area contributed by atoms with Gasteiger partial charge in [0.1, 0.15) is 0 Å². The molecule has 1 aliphatic rings. The topological polar surface area (TPSA) is 43.4 Å². The third kappa shape index (κ3) is 6.39. The van der Waals surface area contributed by atoms with Crippen LogP contribution in [-0.4, -0.2) is 26.9 Å². The van der Waals surface area contributed by atoms with Crippen LogP contribution >= 0.6 is 10.7 Å². The summed E-state index contributed by atoms with van der Waals surface area (Å²) in [6.45, 7) is 8.70. The van der Waals surface area contributed by atoms with E-state index in [1.807, 2.05) is 13.8 Å². The largest absolute Gasteiger partial charge is 0.378 e. The molecule has 0 aromatic rings. The zero-order valence-electron chi connectivity index (χ0n) is 11.8. The summed E-state index contributed by atoms with van der Waals surface area (Å²) in [5.74, 6) is 1.34. The van der Waals surface area contributed by atoms with Gasteiger partial charge in [0.05, 0.1) is 18.5 Å². The number of hydrogen-bond donors (Lipinski definition) is 0. The predicted molar refractivity (Wildman–Crippen MR) is 75.3 cm³/mol. The van der Waals surface area contributed by atoms with Crippen molar-refractivity contribution in [1.82, 2.24) is 0 Å². The number of hydrogen-bond acceptors (Lipinski definition) is 3. The molecule has 0 radical (unpaired) electrons. The van der Waals surface area contributed by atoms with E-state index in [0.717, 1.165) is 12.8 Å². The van der Waals surface area contributed by atoms with Gasteiger partial charge in [-0.05, 0) is 31.1 Å². The van der Waals surface area contributed by atoms with Gasteiger partial charge in [-0.2, -0.15) is 0 Å². The third-order valence-corrected chi connectivity index (χ3v) is 4.86. The molecule has 1 saturated carbocycles. The number of ether oxygens (including phenoxy) is 1. The quantitative estimate of drug-likeness (QED) is 0.730. The molecule has 0 aliphatic heterocycles. The first kappa shape index (κ1) is 16.3. The van der Waals surface area contributed by atoms with Crippen molar-refractivity contribution in [2.75, 3.05) is 12.4 Å². The summed E-state index contributed by atoms with van der Waals surface area (Å²) < 4.78 is 28.1. The van der Waals surface area contributed by atoms with Gasteiger partial charge >= 0.3 is 0 Å². The molecule has 5 heteroatoms. The van der Waals surface area contributed by atoms with Crippen molar-refractivity contribution in [2.24, 2.45) is 17.3 Å². The second-order valence-electron chi connectivity index (χ2n) is 6.70. The van der Waals surface area contributed by atoms with Crippen LogP contribution in [0.2, 0.25) is 0 Å². The Morgan fingerprint density at radius 2 is 1.67 bits per heavy atom. The van der Waals surface area contributed by atoms with Gasteiger partial charge in [-0.3, -0.25) is 0 Å². The second kappa shape index (κ2) is 6.10. The zero-order valence-corrected chi connectivity index (χ0v) is 13.4. The molecule has 0 heterocycles. The monoisotopic (exact) mass is 296 g/mol. The highest BCUT2D eigenvalue weighted by atomic mass is 35.7. The number of rotatable bonds is 5. The van der Waals surface area contributed by atoms with Crippen LogP contribution in [0.5, 0.6) is 0 Å². The third-order valence-electron chi connectivity index (χ3n) is 3.41. The highest BCUT2D eigenvalue weighted by Gasteiger charge is 2.29. The maximum absolute atomic E-state index is 11.1. The predicted octanol–water partition coefficient (Wildman–Crippen LogP) is 3.42. The molecule has 0 spiro atoms. The fourth-order valence-electron chi connectivity index (χ4n) is 2.86. The van der Waals surface area contributed by atoms with E-state index in [-0.39, 0.29) is 11.9 Å². The van der Waals surface area contributed by atoms with Gasteiger partial charge in [0, 0.05) is 16.1 Å². The van der Waals surface area contributed by atoms with Gasteiger partial charge in [-0.25, -0.2) is 8.42 Å². The van der Waals surface area contributed by atoms with Crippen molar-refractivity contribution in [2.45, 2.75) is 53.1 Å². The van der Waals surface area contributed by atoms with Crippen molar-refractivity contribution in [3.05, 3.63) is 0 Å². The van der Waals surface area contributed by atoms with Crippen LogP contribution in [0.25, 0.3) is 0 Å². The Bertz CT molecular complexity index is 354. The van der Waals surface area contributed by atoms with E-state index in [4.69, 9.17) is 15.4 Å². The summed E-state index contributed by atoms with van der Waals surface area (Å²) >= 11 is 0. The fraction of sp³-hybridized carbons (Fsp3) is 1.00. The van der Waals surface area contributed by atoms with Gasteiger partial charge in [0.15, 0.2) is 0 Å². The Kier molecular flexibility index (Phi) is 5.51. The van der Waals surface area contributed by atoms with Gasteiger partial charge in [0.25, 0.3) is 0 Å². The van der Waals surface area contributed by atoms with Crippen LogP contribution in [0.1, 0.15) is 47.0 Å². The van der Waals surface area contributed by atoms with Crippen molar-refractivity contribution in [3.63, 3.8) is 0 Å². The first-order valence-electron chi connectivity index (χ1n) is 6.61. The normalized spacial score (nSPS) is 30.4. The Hall–Kier alpha value is 0.200. The molecule has 108 valence electrons. The van der Waals surface area contributed by atoms with E-state index in [2.05, 4.69) is 13.8 Å². The average Bonchev–Trinajstić information content (AvgIpc) is 2.09. The van der Waals surface area contributed by atoms with E-state index in [1.54, 1.807) is 0 Å². The van der Waals surface area contributed by atoms with Gasteiger partial charge in [-0.1, -0.05) is 27.7 Å². The maximum Gasteiger partial charge on any atom is 0.233 e. The molecular weight excluding hydrogens is 272 g/mol. The SMILES string of the molecule is CC1CC(C)CC(OCC(C)(C)CS(=O)(=O)Cl)C1. The zero-order chi connectivity index (χ0) is 14.0. The second-order valence-corrected chi connectivity index (χ2v) is 9.47. The Morgan fingerprint density at radius 3 is 2.11 bits per heavy atom. The molecule has 3 nitrogen and oxygen atoms in total. The molecule has 0 amide bonds. The summed E-state index contributed by atoms with van der Waals surface area (Å²) in [7, 11) is 1.84. The van der Waals surface area contributed by atoms with Gasteiger partial charge < -0.3 is 4.74 Å². The molecule has 0 aromatic heterocycles. The van der Waals surface area contributed by atoms with Crippen LogP contribution in [0.4, 0.5) is 0 Å². The van der Waals surface area contributed by atoms with Crippen LogP contribution in [0.15, 0.2) is 0 Å². The minimum absolute atomic E-state index is 0.0423. The molecule has 1 aliphatic carbocycles. The van der Waals surface area contributed by atoms with Gasteiger partial charge in [-0.15, -0.1) is 0 Å². The van der Waals surface area contributed by atoms with Crippen LogP contribution < -0.4 is 0 Å². The molecule has 2 atom stereocenters. The van der Waals surface area contributed by atoms with E-state index in [0.29, 0.717) is 18.4 Å². The van der Waals surface area contributed by atoms with Crippen LogP contribution in [0.3, 0.4) is 0 Å². The van der Waals surface area contributed by atoms with E-state index < -0.39 is 14.5 Å². The molecule has 2 unspecified atom stereocenters. The minimum Gasteiger partial charge on any atom is -0.378 e. The molecule has 18 heavy (non-hydrogen) atoms. The number of halogens is 1. The summed E-state index contributed by atoms with van der Waals surface area (Å²) in [5, 5.41) is 0. The van der Waals surface area contributed by atoms with Crippen LogP contribution in [0, 0.1) is 17.3 Å². The lowest BCUT2D eigenvalue weighted by Gasteiger charge is -2.33. The van der Waals surface area contributed by atoms with E-state index in [9.17, 15) is 8.42 Å². The first-order valence-corrected chi connectivity index (χ1v) is 9.09. The molecule has 0 saturated heterocycles. The lowest BCUT2D eigenvalue weighted by atomic mass is 9.81. The lowest BCUT2D eigenvalue weighted by Crippen LogP contribution is -2.33. The van der Waals surface area contributed by atoms with Crippen molar-refractivity contribution in [3.8, 4) is 0 Å². The maximum atomic E-state index is 11.1. The molecule has 0 bridgehead atoms. The van der Waals surface area contributed by atoms with Crippen molar-refractivity contribution in [1.29, 1.82) is 0 Å². The molecule has 1 rings (SSSR count).